The number of para-hydroxylation sites is 2. The first-order valence-corrected chi connectivity index (χ1v) is 10.2. The average Bonchev–Trinajstić information content (AvgIpc) is 3.47. The van der Waals surface area contributed by atoms with E-state index in [-0.39, 0.29) is 11.2 Å². The van der Waals surface area contributed by atoms with Crippen LogP contribution in [-0.4, -0.2) is 26.2 Å². The van der Waals surface area contributed by atoms with Crippen molar-refractivity contribution in [2.75, 3.05) is 11.3 Å². The van der Waals surface area contributed by atoms with E-state index >= 15 is 0 Å². The number of amides is 1. The first-order valence-electron chi connectivity index (χ1n) is 8.61. The molecule has 1 aliphatic rings. The average molecular weight is 374 g/mol. The number of nitrogens with one attached hydrogen (secondary N) is 2. The van der Waals surface area contributed by atoms with E-state index < -0.39 is 10.0 Å². The fourth-order valence-corrected chi connectivity index (χ4v) is 4.01. The standard InChI is InChI=1S/C19H22N2O4S/c1-2-25-18-10-6-3-7-14(18)13-20-19(22)16-8-4-5-9-17(16)21-26(23,24)15-11-12-15/h3-10,15,21H,2,11-13H2,1H3,(H,20,22). The van der Waals surface area contributed by atoms with Crippen molar-refractivity contribution >= 4 is 21.6 Å². The van der Waals surface area contributed by atoms with Gasteiger partial charge in [0, 0.05) is 12.1 Å². The van der Waals surface area contributed by atoms with Gasteiger partial charge >= 0.3 is 0 Å². The van der Waals surface area contributed by atoms with Crippen molar-refractivity contribution in [3.63, 3.8) is 0 Å². The Morgan fingerprint density at radius 1 is 1.12 bits per heavy atom. The van der Waals surface area contributed by atoms with Crippen LogP contribution in [0.3, 0.4) is 0 Å². The van der Waals surface area contributed by atoms with Crippen LogP contribution >= 0.6 is 0 Å². The van der Waals surface area contributed by atoms with Gasteiger partial charge in [0.2, 0.25) is 10.0 Å². The highest BCUT2D eigenvalue weighted by atomic mass is 32.2. The summed E-state index contributed by atoms with van der Waals surface area (Å²) in [6.45, 7) is 2.73. The van der Waals surface area contributed by atoms with Gasteiger partial charge in [-0.05, 0) is 38.0 Å². The molecule has 2 aromatic rings. The second kappa shape index (κ2) is 7.78. The Bertz CT molecular complexity index is 892. The highest BCUT2D eigenvalue weighted by Gasteiger charge is 2.36. The van der Waals surface area contributed by atoms with E-state index in [9.17, 15) is 13.2 Å². The lowest BCUT2D eigenvalue weighted by atomic mass is 10.1. The number of anilines is 1. The summed E-state index contributed by atoms with van der Waals surface area (Å²) in [4.78, 5) is 12.6. The SMILES string of the molecule is CCOc1ccccc1CNC(=O)c1ccccc1NS(=O)(=O)C1CC1. The molecular formula is C19H22N2O4S. The third kappa shape index (κ3) is 4.35. The number of benzene rings is 2. The van der Waals surface area contributed by atoms with Gasteiger partial charge in [-0.25, -0.2) is 8.42 Å². The van der Waals surface area contributed by atoms with Crippen LogP contribution in [0.25, 0.3) is 0 Å². The number of hydrogen-bond acceptors (Lipinski definition) is 4. The summed E-state index contributed by atoms with van der Waals surface area (Å²) in [7, 11) is -3.43. The van der Waals surface area contributed by atoms with Crippen LogP contribution in [0.4, 0.5) is 5.69 Å². The predicted octanol–water partition coefficient (Wildman–Crippen LogP) is 2.92. The van der Waals surface area contributed by atoms with Gasteiger partial charge in [-0.1, -0.05) is 30.3 Å². The van der Waals surface area contributed by atoms with Crippen molar-refractivity contribution in [1.29, 1.82) is 0 Å². The summed E-state index contributed by atoms with van der Waals surface area (Å²) in [5, 5.41) is 2.48. The van der Waals surface area contributed by atoms with Gasteiger partial charge in [-0.2, -0.15) is 0 Å². The molecule has 2 aromatic carbocycles. The Kier molecular flexibility index (Phi) is 5.46. The molecule has 0 saturated heterocycles. The van der Waals surface area contributed by atoms with Crippen LogP contribution in [0.15, 0.2) is 48.5 Å². The van der Waals surface area contributed by atoms with E-state index in [2.05, 4.69) is 10.0 Å². The highest BCUT2D eigenvalue weighted by Crippen LogP contribution is 2.30. The van der Waals surface area contributed by atoms with Crippen LogP contribution in [0, 0.1) is 0 Å². The van der Waals surface area contributed by atoms with Crippen LogP contribution in [-0.2, 0) is 16.6 Å². The number of ether oxygens (including phenoxy) is 1. The minimum Gasteiger partial charge on any atom is -0.494 e. The van der Waals surface area contributed by atoms with Crippen molar-refractivity contribution in [3.8, 4) is 5.75 Å². The monoisotopic (exact) mass is 374 g/mol. The first kappa shape index (κ1) is 18.3. The number of carbonyl (C=O) groups is 1. The molecule has 2 N–H and O–H groups in total. The van der Waals surface area contributed by atoms with Gasteiger partial charge < -0.3 is 10.1 Å². The molecule has 1 amide bonds. The molecule has 138 valence electrons. The van der Waals surface area contributed by atoms with Crippen LogP contribution in [0.2, 0.25) is 0 Å². The Labute approximate surface area is 153 Å². The number of hydrogen-bond donors (Lipinski definition) is 2. The maximum absolute atomic E-state index is 12.6. The highest BCUT2D eigenvalue weighted by molar-refractivity contribution is 7.93. The Morgan fingerprint density at radius 2 is 1.81 bits per heavy atom. The van der Waals surface area contributed by atoms with Crippen molar-refractivity contribution in [1.82, 2.24) is 5.32 Å². The van der Waals surface area contributed by atoms with Crippen molar-refractivity contribution in [3.05, 3.63) is 59.7 Å². The largest absolute Gasteiger partial charge is 0.494 e. The zero-order valence-corrected chi connectivity index (χ0v) is 15.4. The molecule has 0 aromatic heterocycles. The van der Waals surface area contributed by atoms with Gasteiger partial charge in [0.25, 0.3) is 5.91 Å². The zero-order valence-electron chi connectivity index (χ0n) is 14.6. The van der Waals surface area contributed by atoms with E-state index in [1.54, 1.807) is 24.3 Å². The molecular weight excluding hydrogens is 352 g/mol. The Morgan fingerprint density at radius 3 is 2.54 bits per heavy atom. The van der Waals surface area contributed by atoms with E-state index in [4.69, 9.17) is 4.74 Å². The molecule has 0 heterocycles. The fourth-order valence-electron chi connectivity index (χ4n) is 2.60. The Balaban J connectivity index is 1.72. The van der Waals surface area contributed by atoms with Crippen molar-refractivity contribution < 1.29 is 17.9 Å². The topological polar surface area (TPSA) is 84.5 Å². The molecule has 0 atom stereocenters. The number of carbonyl (C=O) groups excluding carboxylic acids is 1. The molecule has 1 saturated carbocycles. The van der Waals surface area contributed by atoms with E-state index in [1.165, 1.54) is 0 Å². The summed E-state index contributed by atoms with van der Waals surface area (Å²) in [6, 6.07) is 14.1. The molecule has 6 nitrogen and oxygen atoms in total. The number of rotatable bonds is 8. The van der Waals surface area contributed by atoms with Gasteiger partial charge in [-0.15, -0.1) is 0 Å². The molecule has 1 fully saturated rings. The lowest BCUT2D eigenvalue weighted by molar-refractivity contribution is 0.0951. The number of sulfonamides is 1. The molecule has 1 aliphatic carbocycles. The van der Waals surface area contributed by atoms with Crippen LogP contribution < -0.4 is 14.8 Å². The lowest BCUT2D eigenvalue weighted by Gasteiger charge is -2.14. The molecule has 0 aliphatic heterocycles. The molecule has 0 spiro atoms. The van der Waals surface area contributed by atoms with E-state index in [0.29, 0.717) is 37.2 Å². The quantitative estimate of drug-likeness (QED) is 0.744. The van der Waals surface area contributed by atoms with Crippen LogP contribution in [0.5, 0.6) is 5.75 Å². The summed E-state index contributed by atoms with van der Waals surface area (Å²) < 4.78 is 32.4. The minimum atomic E-state index is -3.43. The zero-order chi connectivity index (χ0) is 18.6. The molecule has 0 radical (unpaired) electrons. The van der Waals surface area contributed by atoms with Gasteiger partial charge in [0.05, 0.1) is 23.1 Å². The third-order valence-electron chi connectivity index (χ3n) is 4.10. The van der Waals surface area contributed by atoms with Crippen molar-refractivity contribution in [2.24, 2.45) is 0 Å². The first-order chi connectivity index (χ1) is 12.5. The third-order valence-corrected chi connectivity index (χ3v) is 5.95. The Hall–Kier alpha value is -2.54. The second-order valence-electron chi connectivity index (χ2n) is 6.12. The minimum absolute atomic E-state index is 0.290. The molecule has 3 rings (SSSR count). The second-order valence-corrected chi connectivity index (χ2v) is 8.08. The predicted molar refractivity (Wildman–Crippen MR) is 101 cm³/mol. The van der Waals surface area contributed by atoms with E-state index in [1.807, 2.05) is 31.2 Å². The van der Waals surface area contributed by atoms with Crippen LogP contribution in [0.1, 0.15) is 35.7 Å². The molecule has 0 unspecified atom stereocenters. The van der Waals surface area contributed by atoms with Gasteiger partial charge in [-0.3, -0.25) is 9.52 Å². The summed E-state index contributed by atoms with van der Waals surface area (Å²) >= 11 is 0. The maximum Gasteiger partial charge on any atom is 0.253 e. The lowest BCUT2D eigenvalue weighted by Crippen LogP contribution is -2.26. The normalized spacial score (nSPS) is 13.9. The summed E-state index contributed by atoms with van der Waals surface area (Å²) in [5.41, 5.74) is 1.46. The fraction of sp³-hybridized carbons (Fsp3) is 0.316. The van der Waals surface area contributed by atoms with Gasteiger partial charge in [0.15, 0.2) is 0 Å². The molecule has 26 heavy (non-hydrogen) atoms. The summed E-state index contributed by atoms with van der Waals surface area (Å²) in [5.74, 6) is 0.378. The maximum atomic E-state index is 12.6. The molecule has 7 heteroatoms. The smallest absolute Gasteiger partial charge is 0.253 e. The van der Waals surface area contributed by atoms with Gasteiger partial charge in [0.1, 0.15) is 5.75 Å². The van der Waals surface area contributed by atoms with E-state index in [0.717, 1.165) is 11.3 Å². The summed E-state index contributed by atoms with van der Waals surface area (Å²) in [6.07, 6.45) is 1.33. The van der Waals surface area contributed by atoms with Crippen molar-refractivity contribution in [2.45, 2.75) is 31.6 Å². The molecule has 0 bridgehead atoms.